The van der Waals surface area contributed by atoms with E-state index in [0.717, 1.165) is 36.7 Å². The summed E-state index contributed by atoms with van der Waals surface area (Å²) in [6.45, 7) is 0. The van der Waals surface area contributed by atoms with Gasteiger partial charge in [0, 0.05) is 11.6 Å². The van der Waals surface area contributed by atoms with Crippen LogP contribution in [0, 0.1) is 11.8 Å². The van der Waals surface area contributed by atoms with Crippen LogP contribution < -0.4 is 4.72 Å². The van der Waals surface area contributed by atoms with Crippen LogP contribution in [0.25, 0.3) is 5.57 Å². The predicted molar refractivity (Wildman–Crippen MR) is 86.6 cm³/mol. The number of allylic oxidation sites excluding steroid dienone is 2. The summed E-state index contributed by atoms with van der Waals surface area (Å²) in [4.78, 5) is 12.2. The molecule has 0 spiro atoms. The molecule has 0 heterocycles. The van der Waals surface area contributed by atoms with Crippen LogP contribution in [-0.4, -0.2) is 20.5 Å². The van der Waals surface area contributed by atoms with Gasteiger partial charge in [-0.3, -0.25) is 9.52 Å². The second kappa shape index (κ2) is 5.25. The molecule has 1 N–H and O–H groups in total. The van der Waals surface area contributed by atoms with E-state index in [1.54, 1.807) is 12.1 Å². The van der Waals surface area contributed by atoms with Gasteiger partial charge in [-0.25, -0.2) is 8.42 Å². The Morgan fingerprint density at radius 1 is 1.14 bits per heavy atom. The molecule has 112 valence electrons. The molecule has 0 radical (unpaired) electrons. The Hall–Kier alpha value is -1.14. The fourth-order valence-corrected chi connectivity index (χ4v) is 4.73. The van der Waals surface area contributed by atoms with Gasteiger partial charge in [0.2, 0.25) is 10.0 Å². The maximum atomic E-state index is 12.2. The molecule has 2 atom stereocenters. The number of hydrogen-bond acceptors (Lipinski definition) is 3. The van der Waals surface area contributed by atoms with Crippen molar-refractivity contribution in [2.75, 3.05) is 11.0 Å². The van der Waals surface area contributed by atoms with Crippen LogP contribution in [0.15, 0.2) is 28.7 Å². The lowest BCUT2D eigenvalue weighted by atomic mass is 9.90. The number of sulfonamides is 1. The molecule has 0 saturated heterocycles. The first-order valence-corrected chi connectivity index (χ1v) is 9.57. The fourth-order valence-electron chi connectivity index (χ4n) is 3.35. The van der Waals surface area contributed by atoms with Gasteiger partial charge >= 0.3 is 0 Å². The number of halogens is 1. The SMILES string of the molecule is CS(=O)(=O)Nc1ccc(C2=C(Br)C(=O)C3CCCC23)cc1. The molecule has 1 aromatic rings. The summed E-state index contributed by atoms with van der Waals surface area (Å²) >= 11 is 3.45. The highest BCUT2D eigenvalue weighted by molar-refractivity contribution is 9.12. The van der Waals surface area contributed by atoms with Gasteiger partial charge in [-0.05, 0) is 58.0 Å². The van der Waals surface area contributed by atoms with Crippen LogP contribution in [0.3, 0.4) is 0 Å². The first-order chi connectivity index (χ1) is 9.87. The zero-order chi connectivity index (χ0) is 15.2. The zero-order valence-electron chi connectivity index (χ0n) is 11.6. The normalized spacial score (nSPS) is 25.3. The van der Waals surface area contributed by atoms with Crippen LogP contribution in [0.2, 0.25) is 0 Å². The number of rotatable bonds is 3. The van der Waals surface area contributed by atoms with Gasteiger partial charge in [0.15, 0.2) is 5.78 Å². The highest BCUT2D eigenvalue weighted by Gasteiger charge is 2.43. The summed E-state index contributed by atoms with van der Waals surface area (Å²) in [5.74, 6) is 0.648. The number of anilines is 1. The van der Waals surface area contributed by atoms with E-state index in [1.165, 1.54) is 0 Å². The molecule has 3 rings (SSSR count). The number of nitrogens with one attached hydrogen (secondary N) is 1. The number of ketones is 1. The van der Waals surface area contributed by atoms with Gasteiger partial charge in [0.05, 0.1) is 10.7 Å². The van der Waals surface area contributed by atoms with Crippen molar-refractivity contribution in [2.45, 2.75) is 19.3 Å². The monoisotopic (exact) mass is 369 g/mol. The van der Waals surface area contributed by atoms with E-state index in [9.17, 15) is 13.2 Å². The number of hydrogen-bond donors (Lipinski definition) is 1. The molecule has 21 heavy (non-hydrogen) atoms. The molecular weight excluding hydrogens is 354 g/mol. The molecule has 0 bridgehead atoms. The quantitative estimate of drug-likeness (QED) is 0.889. The summed E-state index contributed by atoms with van der Waals surface area (Å²) in [5, 5.41) is 0. The number of carbonyl (C=O) groups excluding carboxylic acids is 1. The number of fused-ring (bicyclic) bond motifs is 1. The average Bonchev–Trinajstić information content (AvgIpc) is 2.94. The van der Waals surface area contributed by atoms with Crippen LogP contribution in [0.1, 0.15) is 24.8 Å². The van der Waals surface area contributed by atoms with E-state index < -0.39 is 10.0 Å². The largest absolute Gasteiger partial charge is 0.293 e. The highest BCUT2D eigenvalue weighted by Crippen LogP contribution is 2.51. The van der Waals surface area contributed by atoms with E-state index in [1.807, 2.05) is 12.1 Å². The van der Waals surface area contributed by atoms with Gasteiger partial charge in [-0.1, -0.05) is 18.6 Å². The van der Waals surface area contributed by atoms with E-state index in [-0.39, 0.29) is 11.7 Å². The molecular formula is C15H16BrNO3S. The predicted octanol–water partition coefficient (Wildman–Crippen LogP) is 3.16. The summed E-state index contributed by atoms with van der Waals surface area (Å²) in [5.41, 5.74) is 2.60. The van der Waals surface area contributed by atoms with Crippen molar-refractivity contribution in [3.05, 3.63) is 34.3 Å². The lowest BCUT2D eigenvalue weighted by Gasteiger charge is -2.14. The minimum atomic E-state index is -3.27. The Morgan fingerprint density at radius 2 is 1.76 bits per heavy atom. The molecule has 2 unspecified atom stereocenters. The third-order valence-electron chi connectivity index (χ3n) is 4.18. The minimum Gasteiger partial charge on any atom is -0.293 e. The maximum absolute atomic E-state index is 12.2. The molecule has 4 nitrogen and oxygen atoms in total. The van der Waals surface area contributed by atoms with Gasteiger partial charge in [0.25, 0.3) is 0 Å². The average molecular weight is 370 g/mol. The van der Waals surface area contributed by atoms with Crippen molar-refractivity contribution in [3.63, 3.8) is 0 Å². The number of Topliss-reactive ketones (excluding diaryl/α,β-unsaturated/α-hetero) is 1. The van der Waals surface area contributed by atoms with Gasteiger partial charge < -0.3 is 0 Å². The fraction of sp³-hybridized carbons (Fsp3) is 0.400. The topological polar surface area (TPSA) is 63.2 Å². The van der Waals surface area contributed by atoms with Gasteiger partial charge in [-0.2, -0.15) is 0 Å². The van der Waals surface area contributed by atoms with E-state index >= 15 is 0 Å². The Bertz CT molecular complexity index is 722. The molecule has 0 amide bonds. The second-order valence-corrected chi connectivity index (χ2v) is 8.23. The Kier molecular flexibility index (Phi) is 3.69. The molecule has 1 fully saturated rings. The van der Waals surface area contributed by atoms with Crippen LogP contribution >= 0.6 is 15.9 Å². The van der Waals surface area contributed by atoms with Crippen LogP contribution in [0.4, 0.5) is 5.69 Å². The Labute approximate surface area is 132 Å². The third kappa shape index (κ3) is 2.79. The minimum absolute atomic E-state index is 0.128. The lowest BCUT2D eigenvalue weighted by Crippen LogP contribution is -2.10. The van der Waals surface area contributed by atoms with E-state index in [4.69, 9.17) is 0 Å². The van der Waals surface area contributed by atoms with Crippen molar-refractivity contribution in [2.24, 2.45) is 11.8 Å². The maximum Gasteiger partial charge on any atom is 0.229 e. The van der Waals surface area contributed by atoms with Crippen molar-refractivity contribution in [1.29, 1.82) is 0 Å². The number of benzene rings is 1. The number of carbonyl (C=O) groups is 1. The second-order valence-electron chi connectivity index (χ2n) is 5.69. The molecule has 2 aliphatic rings. The molecule has 0 aliphatic heterocycles. The Balaban J connectivity index is 1.92. The molecule has 0 aromatic heterocycles. The highest BCUT2D eigenvalue weighted by atomic mass is 79.9. The zero-order valence-corrected chi connectivity index (χ0v) is 14.0. The van der Waals surface area contributed by atoms with Crippen LogP contribution in [-0.2, 0) is 14.8 Å². The molecule has 2 aliphatic carbocycles. The first kappa shape index (κ1) is 14.8. The molecule has 6 heteroatoms. The Morgan fingerprint density at radius 3 is 2.38 bits per heavy atom. The summed E-state index contributed by atoms with van der Waals surface area (Å²) in [6, 6.07) is 7.21. The standard InChI is InChI=1S/C15H16BrNO3S/c1-21(19,20)17-10-7-5-9(6-8-10)13-11-3-2-4-12(11)15(18)14(13)16/h5-8,11-12,17H,2-4H2,1H3. The van der Waals surface area contributed by atoms with Crippen molar-refractivity contribution >= 4 is 43.0 Å². The van der Waals surface area contributed by atoms with Crippen molar-refractivity contribution in [1.82, 2.24) is 0 Å². The van der Waals surface area contributed by atoms with Gasteiger partial charge in [0.1, 0.15) is 0 Å². The van der Waals surface area contributed by atoms with E-state index in [0.29, 0.717) is 16.1 Å². The smallest absolute Gasteiger partial charge is 0.229 e. The van der Waals surface area contributed by atoms with Gasteiger partial charge in [-0.15, -0.1) is 0 Å². The lowest BCUT2D eigenvalue weighted by molar-refractivity contribution is -0.118. The molecule has 1 saturated carbocycles. The molecule has 1 aromatic carbocycles. The van der Waals surface area contributed by atoms with Crippen molar-refractivity contribution in [3.8, 4) is 0 Å². The first-order valence-electron chi connectivity index (χ1n) is 6.89. The third-order valence-corrected chi connectivity index (χ3v) is 5.60. The summed E-state index contributed by atoms with van der Waals surface area (Å²) in [6.07, 6.45) is 4.23. The van der Waals surface area contributed by atoms with Crippen LogP contribution in [0.5, 0.6) is 0 Å². The van der Waals surface area contributed by atoms with E-state index in [2.05, 4.69) is 20.7 Å². The van der Waals surface area contributed by atoms with Crippen molar-refractivity contribution < 1.29 is 13.2 Å². The summed E-state index contributed by atoms with van der Waals surface area (Å²) < 4.78 is 25.6. The summed E-state index contributed by atoms with van der Waals surface area (Å²) in [7, 11) is -3.27.